The van der Waals surface area contributed by atoms with Gasteiger partial charge < -0.3 is 4.90 Å². The molecule has 0 fully saturated rings. The lowest BCUT2D eigenvalue weighted by Crippen LogP contribution is -2.36. The number of carbonyl (C=O) groups excluding carboxylic acids is 1. The molecule has 0 aliphatic carbocycles. The normalized spacial score (nSPS) is 13.9. The van der Waals surface area contributed by atoms with Crippen LogP contribution < -0.4 is 4.90 Å². The third-order valence-corrected chi connectivity index (χ3v) is 5.50. The number of fused-ring (bicyclic) bond motifs is 1. The quantitative estimate of drug-likeness (QED) is 0.766. The number of thioether (sulfide) groups is 2. The van der Waals surface area contributed by atoms with Crippen molar-refractivity contribution in [3.63, 3.8) is 0 Å². The lowest BCUT2D eigenvalue weighted by atomic mass is 10.3. The Hall–Kier alpha value is -1.10. The fourth-order valence-corrected chi connectivity index (χ4v) is 4.08. The first-order valence-corrected chi connectivity index (χ1v) is 8.99. The highest BCUT2D eigenvalue weighted by Gasteiger charge is 2.22. The number of hydrogen-bond acceptors (Lipinski definition) is 3. The van der Waals surface area contributed by atoms with E-state index in [0.29, 0.717) is 10.8 Å². The standard InChI is InChI=1S/C16H14ClNOS2/c17-12-5-7-13(8-6-12)21-11-16(19)18-9-10-20-15-4-2-1-3-14(15)18/h1-8H,9-11H2. The first-order valence-electron chi connectivity index (χ1n) is 6.64. The van der Waals surface area contributed by atoms with Gasteiger partial charge in [0.25, 0.3) is 0 Å². The zero-order valence-electron chi connectivity index (χ0n) is 11.3. The highest BCUT2D eigenvalue weighted by Crippen LogP contribution is 2.34. The van der Waals surface area contributed by atoms with E-state index in [-0.39, 0.29) is 5.91 Å². The first-order chi connectivity index (χ1) is 10.2. The summed E-state index contributed by atoms with van der Waals surface area (Å²) in [7, 11) is 0. The molecule has 3 rings (SSSR count). The Morgan fingerprint density at radius 2 is 1.95 bits per heavy atom. The van der Waals surface area contributed by atoms with Crippen LogP contribution >= 0.6 is 35.1 Å². The van der Waals surface area contributed by atoms with Crippen LogP contribution in [0.4, 0.5) is 5.69 Å². The van der Waals surface area contributed by atoms with Crippen molar-refractivity contribution in [2.24, 2.45) is 0 Å². The molecular formula is C16H14ClNOS2. The summed E-state index contributed by atoms with van der Waals surface area (Å²) in [5, 5.41) is 0.715. The van der Waals surface area contributed by atoms with Gasteiger partial charge in [-0.25, -0.2) is 0 Å². The molecule has 0 N–H and O–H groups in total. The van der Waals surface area contributed by atoms with Crippen molar-refractivity contribution >= 4 is 46.7 Å². The predicted molar refractivity (Wildman–Crippen MR) is 91.7 cm³/mol. The number of amides is 1. The summed E-state index contributed by atoms with van der Waals surface area (Å²) >= 11 is 9.23. The number of benzene rings is 2. The predicted octanol–water partition coefficient (Wildman–Crippen LogP) is 4.57. The van der Waals surface area contributed by atoms with Gasteiger partial charge in [-0.3, -0.25) is 4.79 Å². The molecule has 21 heavy (non-hydrogen) atoms. The Bertz CT molecular complexity index is 645. The van der Waals surface area contributed by atoms with Crippen LogP contribution in [-0.2, 0) is 4.79 Å². The highest BCUT2D eigenvalue weighted by atomic mass is 35.5. The molecule has 1 aliphatic rings. The van der Waals surface area contributed by atoms with E-state index in [0.717, 1.165) is 22.9 Å². The van der Waals surface area contributed by atoms with Gasteiger partial charge in [-0.15, -0.1) is 23.5 Å². The maximum absolute atomic E-state index is 12.5. The van der Waals surface area contributed by atoms with Crippen molar-refractivity contribution in [3.05, 3.63) is 53.6 Å². The van der Waals surface area contributed by atoms with Crippen LogP contribution in [0.25, 0.3) is 0 Å². The summed E-state index contributed by atoms with van der Waals surface area (Å²) in [4.78, 5) is 16.6. The molecule has 1 amide bonds. The van der Waals surface area contributed by atoms with Gasteiger partial charge in [-0.05, 0) is 36.4 Å². The van der Waals surface area contributed by atoms with Gasteiger partial charge in [0.15, 0.2) is 0 Å². The number of para-hydroxylation sites is 1. The number of rotatable bonds is 3. The van der Waals surface area contributed by atoms with E-state index in [4.69, 9.17) is 11.6 Å². The van der Waals surface area contributed by atoms with Crippen molar-refractivity contribution in [1.82, 2.24) is 0 Å². The molecule has 108 valence electrons. The molecule has 2 nitrogen and oxygen atoms in total. The molecule has 2 aromatic carbocycles. The summed E-state index contributed by atoms with van der Waals surface area (Å²) < 4.78 is 0. The van der Waals surface area contributed by atoms with E-state index in [9.17, 15) is 4.79 Å². The SMILES string of the molecule is O=C(CSc1ccc(Cl)cc1)N1CCSc2ccccc21. The molecule has 0 unspecified atom stereocenters. The molecular weight excluding hydrogens is 322 g/mol. The lowest BCUT2D eigenvalue weighted by molar-refractivity contribution is -0.116. The number of nitrogens with zero attached hydrogens (tertiary/aromatic N) is 1. The Labute approximate surface area is 137 Å². The Morgan fingerprint density at radius 3 is 2.76 bits per heavy atom. The summed E-state index contributed by atoms with van der Waals surface area (Å²) in [6.07, 6.45) is 0. The van der Waals surface area contributed by atoms with Crippen molar-refractivity contribution in [1.29, 1.82) is 0 Å². The molecule has 0 bridgehead atoms. The molecule has 1 aliphatic heterocycles. The minimum atomic E-state index is 0.155. The maximum Gasteiger partial charge on any atom is 0.237 e. The average molecular weight is 336 g/mol. The molecule has 0 spiro atoms. The highest BCUT2D eigenvalue weighted by molar-refractivity contribution is 8.00. The van der Waals surface area contributed by atoms with Crippen molar-refractivity contribution in [2.45, 2.75) is 9.79 Å². The maximum atomic E-state index is 12.5. The van der Waals surface area contributed by atoms with Crippen LogP contribution in [0.1, 0.15) is 0 Å². The van der Waals surface area contributed by atoms with Crippen LogP contribution in [0, 0.1) is 0 Å². The molecule has 0 radical (unpaired) electrons. The zero-order chi connectivity index (χ0) is 14.7. The molecule has 0 atom stereocenters. The van der Waals surface area contributed by atoms with Crippen molar-refractivity contribution in [2.75, 3.05) is 23.0 Å². The van der Waals surface area contributed by atoms with Gasteiger partial charge in [-0.1, -0.05) is 23.7 Å². The van der Waals surface area contributed by atoms with Crippen LogP contribution in [0.2, 0.25) is 5.02 Å². The van der Waals surface area contributed by atoms with E-state index in [1.54, 1.807) is 11.8 Å². The van der Waals surface area contributed by atoms with Crippen LogP contribution in [0.5, 0.6) is 0 Å². The van der Waals surface area contributed by atoms with Crippen molar-refractivity contribution < 1.29 is 4.79 Å². The van der Waals surface area contributed by atoms with Crippen LogP contribution in [0.15, 0.2) is 58.3 Å². The van der Waals surface area contributed by atoms with Gasteiger partial charge in [0.2, 0.25) is 5.91 Å². The summed E-state index contributed by atoms with van der Waals surface area (Å²) in [6, 6.07) is 15.7. The van der Waals surface area contributed by atoms with Gasteiger partial charge in [-0.2, -0.15) is 0 Å². The van der Waals surface area contributed by atoms with Gasteiger partial charge in [0.05, 0.1) is 11.4 Å². The zero-order valence-corrected chi connectivity index (χ0v) is 13.7. The average Bonchev–Trinajstić information content (AvgIpc) is 2.53. The monoisotopic (exact) mass is 335 g/mol. The molecule has 5 heteroatoms. The Morgan fingerprint density at radius 1 is 1.19 bits per heavy atom. The topological polar surface area (TPSA) is 20.3 Å². The van der Waals surface area contributed by atoms with E-state index in [1.165, 1.54) is 4.90 Å². The number of halogens is 1. The second kappa shape index (κ2) is 6.77. The fraction of sp³-hybridized carbons (Fsp3) is 0.188. The molecule has 1 heterocycles. The summed E-state index contributed by atoms with van der Waals surface area (Å²) in [5.41, 5.74) is 1.04. The van der Waals surface area contributed by atoms with Crippen LogP contribution in [-0.4, -0.2) is 24.0 Å². The first kappa shape index (κ1) is 14.8. The van der Waals surface area contributed by atoms with E-state index >= 15 is 0 Å². The molecule has 2 aromatic rings. The summed E-state index contributed by atoms with van der Waals surface area (Å²) in [5.74, 6) is 1.55. The van der Waals surface area contributed by atoms with Crippen LogP contribution in [0.3, 0.4) is 0 Å². The molecule has 0 aromatic heterocycles. The van der Waals surface area contributed by atoms with Gasteiger partial charge in [0.1, 0.15) is 0 Å². The van der Waals surface area contributed by atoms with E-state index in [1.807, 2.05) is 59.1 Å². The third-order valence-electron chi connectivity index (χ3n) is 3.21. The second-order valence-corrected chi connectivity index (χ2v) is 7.23. The number of anilines is 1. The lowest BCUT2D eigenvalue weighted by Gasteiger charge is -2.28. The van der Waals surface area contributed by atoms with E-state index < -0.39 is 0 Å². The Balaban J connectivity index is 1.68. The molecule has 0 saturated carbocycles. The number of carbonyl (C=O) groups is 1. The fourth-order valence-electron chi connectivity index (χ4n) is 2.18. The van der Waals surface area contributed by atoms with Gasteiger partial charge >= 0.3 is 0 Å². The van der Waals surface area contributed by atoms with Gasteiger partial charge in [0, 0.05) is 27.1 Å². The smallest absolute Gasteiger partial charge is 0.237 e. The summed E-state index contributed by atoms with van der Waals surface area (Å²) in [6.45, 7) is 0.779. The minimum absolute atomic E-state index is 0.155. The minimum Gasteiger partial charge on any atom is -0.310 e. The Kier molecular flexibility index (Phi) is 4.78. The van der Waals surface area contributed by atoms with Crippen molar-refractivity contribution in [3.8, 4) is 0 Å². The largest absolute Gasteiger partial charge is 0.310 e. The third kappa shape index (κ3) is 3.57. The number of hydrogen-bond donors (Lipinski definition) is 0. The molecule has 0 saturated heterocycles. The second-order valence-electron chi connectivity index (χ2n) is 4.60. The van der Waals surface area contributed by atoms with E-state index in [2.05, 4.69) is 6.07 Å².